The Morgan fingerprint density at radius 2 is 2.14 bits per heavy atom. The maximum absolute atomic E-state index is 12.5. The maximum atomic E-state index is 12.5. The van der Waals surface area contributed by atoms with Crippen molar-refractivity contribution in [3.05, 3.63) is 0 Å². The van der Waals surface area contributed by atoms with Gasteiger partial charge in [0.25, 0.3) is 0 Å². The highest BCUT2D eigenvalue weighted by atomic mass is 16.5. The molecule has 118 valence electrons. The number of methoxy groups -OCH3 is 1. The highest BCUT2D eigenvalue weighted by Gasteiger charge is 2.37. The zero-order valence-electron chi connectivity index (χ0n) is 12.5. The molecule has 0 spiro atoms. The Morgan fingerprint density at radius 1 is 1.38 bits per heavy atom. The van der Waals surface area contributed by atoms with Crippen LogP contribution in [0.1, 0.15) is 19.8 Å². The first-order valence-electron chi connectivity index (χ1n) is 7.30. The molecule has 2 amide bonds. The summed E-state index contributed by atoms with van der Waals surface area (Å²) < 4.78 is 10.1. The lowest BCUT2D eigenvalue weighted by Crippen LogP contribution is -2.48. The zero-order valence-corrected chi connectivity index (χ0v) is 12.5. The molecule has 0 bridgehead atoms. The number of morpholine rings is 1. The van der Waals surface area contributed by atoms with E-state index in [9.17, 15) is 14.4 Å². The fourth-order valence-corrected chi connectivity index (χ4v) is 2.81. The van der Waals surface area contributed by atoms with Gasteiger partial charge < -0.3 is 19.3 Å². The maximum Gasteiger partial charge on any atom is 0.308 e. The van der Waals surface area contributed by atoms with Crippen LogP contribution in [0, 0.1) is 5.92 Å². The predicted octanol–water partition coefficient (Wildman–Crippen LogP) is -0.355. The van der Waals surface area contributed by atoms with Crippen LogP contribution in [-0.2, 0) is 23.9 Å². The van der Waals surface area contributed by atoms with Crippen molar-refractivity contribution in [1.29, 1.82) is 0 Å². The lowest BCUT2D eigenvalue weighted by atomic mass is 10.1. The monoisotopic (exact) mass is 298 g/mol. The molecule has 2 heterocycles. The SMILES string of the molecule is CCN1CC(C(=O)N2CCOC(CC(=O)OC)C2)CC1=O. The Balaban J connectivity index is 1.90. The molecule has 21 heavy (non-hydrogen) atoms. The van der Waals surface area contributed by atoms with Crippen molar-refractivity contribution in [1.82, 2.24) is 9.80 Å². The van der Waals surface area contributed by atoms with E-state index in [4.69, 9.17) is 4.74 Å². The quantitative estimate of drug-likeness (QED) is 0.663. The molecular formula is C14H22N2O5. The lowest BCUT2D eigenvalue weighted by Gasteiger charge is -2.34. The summed E-state index contributed by atoms with van der Waals surface area (Å²) in [6, 6.07) is 0. The number of nitrogens with zero attached hydrogens (tertiary/aromatic N) is 2. The van der Waals surface area contributed by atoms with Gasteiger partial charge in [-0.05, 0) is 6.92 Å². The molecule has 7 nitrogen and oxygen atoms in total. The van der Waals surface area contributed by atoms with Crippen molar-refractivity contribution in [2.75, 3.05) is 39.9 Å². The molecular weight excluding hydrogens is 276 g/mol. The van der Waals surface area contributed by atoms with Crippen molar-refractivity contribution in [2.24, 2.45) is 5.92 Å². The van der Waals surface area contributed by atoms with Gasteiger partial charge in [0, 0.05) is 32.6 Å². The van der Waals surface area contributed by atoms with Gasteiger partial charge in [-0.1, -0.05) is 0 Å². The largest absolute Gasteiger partial charge is 0.469 e. The van der Waals surface area contributed by atoms with Gasteiger partial charge in [-0.25, -0.2) is 0 Å². The van der Waals surface area contributed by atoms with E-state index in [-0.39, 0.29) is 42.6 Å². The van der Waals surface area contributed by atoms with Crippen LogP contribution in [0.25, 0.3) is 0 Å². The minimum atomic E-state index is -0.345. The second-order valence-corrected chi connectivity index (χ2v) is 5.39. The standard InChI is InChI=1S/C14H22N2O5/c1-3-15-8-10(6-12(15)17)14(19)16-4-5-21-11(9-16)7-13(18)20-2/h10-11H,3-9H2,1-2H3. The Hall–Kier alpha value is -1.63. The van der Waals surface area contributed by atoms with Crippen LogP contribution in [0.15, 0.2) is 0 Å². The van der Waals surface area contributed by atoms with Gasteiger partial charge in [0.05, 0.1) is 32.2 Å². The number of amides is 2. The molecule has 0 aromatic carbocycles. The average Bonchev–Trinajstić information content (AvgIpc) is 2.87. The van der Waals surface area contributed by atoms with E-state index in [1.54, 1.807) is 9.80 Å². The van der Waals surface area contributed by atoms with E-state index in [1.165, 1.54) is 7.11 Å². The molecule has 0 saturated carbocycles. The molecule has 0 N–H and O–H groups in total. The van der Waals surface area contributed by atoms with Gasteiger partial charge in [-0.2, -0.15) is 0 Å². The topological polar surface area (TPSA) is 76.2 Å². The Labute approximate surface area is 124 Å². The minimum absolute atomic E-state index is 0.0162. The lowest BCUT2D eigenvalue weighted by molar-refractivity contribution is -0.151. The Kier molecular flexibility index (Phi) is 5.17. The third kappa shape index (κ3) is 3.72. The van der Waals surface area contributed by atoms with Crippen LogP contribution in [0.4, 0.5) is 0 Å². The van der Waals surface area contributed by atoms with Crippen LogP contribution < -0.4 is 0 Å². The van der Waals surface area contributed by atoms with E-state index in [2.05, 4.69) is 4.74 Å². The second-order valence-electron chi connectivity index (χ2n) is 5.39. The van der Waals surface area contributed by atoms with Crippen molar-refractivity contribution in [3.63, 3.8) is 0 Å². The van der Waals surface area contributed by atoms with Crippen LogP contribution >= 0.6 is 0 Å². The third-order valence-electron chi connectivity index (χ3n) is 4.02. The minimum Gasteiger partial charge on any atom is -0.469 e. The average molecular weight is 298 g/mol. The van der Waals surface area contributed by atoms with Crippen LogP contribution in [0.2, 0.25) is 0 Å². The highest BCUT2D eigenvalue weighted by Crippen LogP contribution is 2.21. The molecule has 0 aromatic rings. The summed E-state index contributed by atoms with van der Waals surface area (Å²) in [6.45, 7) is 4.33. The molecule has 0 aliphatic carbocycles. The number of hydrogen-bond acceptors (Lipinski definition) is 5. The smallest absolute Gasteiger partial charge is 0.308 e. The molecule has 2 atom stereocenters. The van der Waals surface area contributed by atoms with E-state index >= 15 is 0 Å². The van der Waals surface area contributed by atoms with Gasteiger partial charge in [0.1, 0.15) is 0 Å². The summed E-state index contributed by atoms with van der Waals surface area (Å²) in [5.41, 5.74) is 0. The molecule has 2 rings (SSSR count). The number of ether oxygens (including phenoxy) is 2. The van der Waals surface area contributed by atoms with Gasteiger partial charge in [-0.3, -0.25) is 14.4 Å². The van der Waals surface area contributed by atoms with Crippen LogP contribution in [0.3, 0.4) is 0 Å². The van der Waals surface area contributed by atoms with E-state index in [0.29, 0.717) is 32.8 Å². The third-order valence-corrected chi connectivity index (χ3v) is 4.02. The van der Waals surface area contributed by atoms with Crippen molar-refractivity contribution < 1.29 is 23.9 Å². The molecule has 7 heteroatoms. The fraction of sp³-hybridized carbons (Fsp3) is 0.786. The van der Waals surface area contributed by atoms with Crippen molar-refractivity contribution >= 4 is 17.8 Å². The molecule has 0 radical (unpaired) electrons. The Morgan fingerprint density at radius 3 is 2.76 bits per heavy atom. The van der Waals surface area contributed by atoms with Gasteiger partial charge >= 0.3 is 5.97 Å². The first kappa shape index (κ1) is 15.8. The Bertz CT molecular complexity index is 426. The summed E-state index contributed by atoms with van der Waals surface area (Å²) in [6.07, 6.45) is 0.103. The second kappa shape index (κ2) is 6.89. The summed E-state index contributed by atoms with van der Waals surface area (Å²) in [5.74, 6) is -0.593. The molecule has 0 aromatic heterocycles. The molecule has 2 aliphatic heterocycles. The first-order valence-corrected chi connectivity index (χ1v) is 7.30. The molecule has 2 saturated heterocycles. The van der Waals surface area contributed by atoms with Gasteiger partial charge in [0.2, 0.25) is 11.8 Å². The molecule has 2 unspecified atom stereocenters. The number of likely N-dealkylation sites (tertiary alicyclic amines) is 1. The number of carbonyl (C=O) groups is 3. The van der Waals surface area contributed by atoms with Gasteiger partial charge in [0.15, 0.2) is 0 Å². The normalized spacial score (nSPS) is 26.1. The van der Waals surface area contributed by atoms with Gasteiger partial charge in [-0.15, -0.1) is 0 Å². The fourth-order valence-electron chi connectivity index (χ4n) is 2.81. The molecule has 2 fully saturated rings. The van der Waals surface area contributed by atoms with Crippen molar-refractivity contribution in [3.8, 4) is 0 Å². The number of rotatable bonds is 4. The summed E-state index contributed by atoms with van der Waals surface area (Å²) in [5, 5.41) is 0. The zero-order chi connectivity index (χ0) is 15.4. The van der Waals surface area contributed by atoms with Crippen molar-refractivity contribution in [2.45, 2.75) is 25.9 Å². The summed E-state index contributed by atoms with van der Waals surface area (Å²) in [7, 11) is 1.33. The van der Waals surface area contributed by atoms with E-state index < -0.39 is 0 Å². The highest BCUT2D eigenvalue weighted by molar-refractivity contribution is 5.89. The number of carbonyl (C=O) groups excluding carboxylic acids is 3. The predicted molar refractivity (Wildman–Crippen MR) is 73.3 cm³/mol. The van der Waals surface area contributed by atoms with E-state index in [1.807, 2.05) is 6.92 Å². The van der Waals surface area contributed by atoms with E-state index in [0.717, 1.165) is 0 Å². The van der Waals surface area contributed by atoms with Crippen LogP contribution in [0.5, 0.6) is 0 Å². The number of hydrogen-bond donors (Lipinski definition) is 0. The number of esters is 1. The summed E-state index contributed by atoms with van der Waals surface area (Å²) >= 11 is 0. The molecule has 2 aliphatic rings. The summed E-state index contributed by atoms with van der Waals surface area (Å²) in [4.78, 5) is 38.9. The first-order chi connectivity index (χ1) is 10.0. The van der Waals surface area contributed by atoms with Crippen LogP contribution in [-0.4, -0.2) is 73.6 Å².